The zero-order chi connectivity index (χ0) is 16.4. The molecule has 0 aliphatic carbocycles. The lowest BCUT2D eigenvalue weighted by molar-refractivity contribution is -0.116. The third-order valence-corrected chi connectivity index (χ3v) is 4.02. The molecule has 1 aliphatic heterocycles. The summed E-state index contributed by atoms with van der Waals surface area (Å²) in [4.78, 5) is 23.5. The van der Waals surface area contributed by atoms with Gasteiger partial charge in [-0.3, -0.25) is 4.79 Å². The molecule has 0 radical (unpaired) electrons. The quantitative estimate of drug-likeness (QED) is 0.789. The van der Waals surface area contributed by atoms with Gasteiger partial charge in [-0.05, 0) is 67.3 Å². The fraction of sp³-hybridized carbons (Fsp3) is 0.222. The van der Waals surface area contributed by atoms with Gasteiger partial charge in [-0.1, -0.05) is 6.07 Å². The van der Waals surface area contributed by atoms with Gasteiger partial charge in [0.1, 0.15) is 0 Å². The van der Waals surface area contributed by atoms with Crippen LogP contribution in [-0.4, -0.2) is 11.9 Å². The molecule has 23 heavy (non-hydrogen) atoms. The second-order valence-electron chi connectivity index (χ2n) is 5.80. The van der Waals surface area contributed by atoms with E-state index in [2.05, 4.69) is 16.0 Å². The summed E-state index contributed by atoms with van der Waals surface area (Å²) >= 11 is 0. The summed E-state index contributed by atoms with van der Waals surface area (Å²) in [5.74, 6) is 0.0330. The van der Waals surface area contributed by atoms with Gasteiger partial charge in [0.25, 0.3) is 0 Å². The largest absolute Gasteiger partial charge is 0.326 e. The fourth-order valence-electron chi connectivity index (χ4n) is 2.57. The second kappa shape index (κ2) is 6.12. The van der Waals surface area contributed by atoms with Crippen molar-refractivity contribution in [2.45, 2.75) is 26.7 Å². The molecule has 0 spiro atoms. The predicted molar refractivity (Wildman–Crippen MR) is 92.0 cm³/mol. The molecule has 3 amide bonds. The zero-order valence-corrected chi connectivity index (χ0v) is 13.2. The number of amides is 3. The van der Waals surface area contributed by atoms with E-state index in [4.69, 9.17) is 0 Å². The number of nitrogens with one attached hydrogen (secondary N) is 3. The number of aryl methyl sites for hydroxylation is 3. The van der Waals surface area contributed by atoms with Crippen LogP contribution in [0, 0.1) is 13.8 Å². The zero-order valence-electron chi connectivity index (χ0n) is 13.2. The minimum atomic E-state index is -0.284. The van der Waals surface area contributed by atoms with Crippen LogP contribution in [0.3, 0.4) is 0 Å². The third-order valence-electron chi connectivity index (χ3n) is 4.02. The summed E-state index contributed by atoms with van der Waals surface area (Å²) in [6.45, 7) is 4.04. The monoisotopic (exact) mass is 309 g/mol. The highest BCUT2D eigenvalue weighted by Gasteiger charge is 2.15. The van der Waals surface area contributed by atoms with Crippen LogP contribution in [0.4, 0.5) is 21.9 Å². The second-order valence-corrected chi connectivity index (χ2v) is 5.80. The van der Waals surface area contributed by atoms with Crippen molar-refractivity contribution < 1.29 is 9.59 Å². The van der Waals surface area contributed by atoms with Gasteiger partial charge in [0.2, 0.25) is 5.91 Å². The first-order chi connectivity index (χ1) is 11.0. The molecule has 1 aliphatic rings. The van der Waals surface area contributed by atoms with E-state index in [1.165, 1.54) is 5.56 Å². The van der Waals surface area contributed by atoms with Gasteiger partial charge in [0.15, 0.2) is 0 Å². The maximum atomic E-state index is 12.1. The Morgan fingerprint density at radius 1 is 0.957 bits per heavy atom. The number of hydrogen-bond acceptors (Lipinski definition) is 2. The Morgan fingerprint density at radius 3 is 2.39 bits per heavy atom. The Kier molecular flexibility index (Phi) is 4.02. The lowest BCUT2D eigenvalue weighted by atomic mass is 10.0. The van der Waals surface area contributed by atoms with Crippen molar-refractivity contribution in [1.29, 1.82) is 0 Å². The lowest BCUT2D eigenvalue weighted by Gasteiger charge is -2.18. The standard InChI is InChI=1S/C18H19N3O2/c1-11-3-5-14(9-12(11)2)19-18(23)20-15-6-7-16-13(10-15)4-8-17(22)21-16/h3,5-7,9-10H,4,8H2,1-2H3,(H,21,22)(H2,19,20,23). The number of anilines is 3. The van der Waals surface area contributed by atoms with Gasteiger partial charge in [-0.2, -0.15) is 0 Å². The molecule has 0 unspecified atom stereocenters. The Hall–Kier alpha value is -2.82. The molecule has 0 saturated carbocycles. The van der Waals surface area contributed by atoms with Crippen LogP contribution in [0.5, 0.6) is 0 Å². The lowest BCUT2D eigenvalue weighted by Crippen LogP contribution is -2.21. The van der Waals surface area contributed by atoms with Gasteiger partial charge < -0.3 is 16.0 Å². The molecule has 5 nitrogen and oxygen atoms in total. The molecular formula is C18H19N3O2. The number of hydrogen-bond donors (Lipinski definition) is 3. The van der Waals surface area contributed by atoms with E-state index in [0.717, 1.165) is 22.5 Å². The molecule has 3 rings (SSSR count). The normalized spacial score (nSPS) is 13.0. The third kappa shape index (κ3) is 3.51. The molecule has 118 valence electrons. The molecule has 0 atom stereocenters. The van der Waals surface area contributed by atoms with Crippen LogP contribution in [0.1, 0.15) is 23.1 Å². The molecule has 0 fully saturated rings. The summed E-state index contributed by atoms with van der Waals surface area (Å²) in [6, 6.07) is 11.0. The smallest absolute Gasteiger partial charge is 0.323 e. The highest BCUT2D eigenvalue weighted by molar-refractivity contribution is 6.00. The van der Waals surface area contributed by atoms with Crippen LogP contribution >= 0.6 is 0 Å². The molecule has 1 heterocycles. The molecular weight excluding hydrogens is 290 g/mol. The fourth-order valence-corrected chi connectivity index (χ4v) is 2.57. The summed E-state index contributed by atoms with van der Waals surface area (Å²) in [7, 11) is 0. The van der Waals surface area contributed by atoms with Crippen molar-refractivity contribution in [3.05, 3.63) is 53.1 Å². The van der Waals surface area contributed by atoms with Crippen molar-refractivity contribution in [1.82, 2.24) is 0 Å². The van der Waals surface area contributed by atoms with Gasteiger partial charge in [0.05, 0.1) is 0 Å². The molecule has 0 bridgehead atoms. The minimum Gasteiger partial charge on any atom is -0.326 e. The summed E-state index contributed by atoms with van der Waals surface area (Å²) < 4.78 is 0. The highest BCUT2D eigenvalue weighted by Crippen LogP contribution is 2.25. The van der Waals surface area contributed by atoms with Gasteiger partial charge in [-0.15, -0.1) is 0 Å². The van der Waals surface area contributed by atoms with E-state index in [1.54, 1.807) is 6.07 Å². The maximum absolute atomic E-state index is 12.1. The van der Waals surface area contributed by atoms with Crippen LogP contribution < -0.4 is 16.0 Å². The Balaban J connectivity index is 1.68. The van der Waals surface area contributed by atoms with Crippen LogP contribution in [0.25, 0.3) is 0 Å². The Bertz CT molecular complexity index is 784. The molecule has 2 aromatic rings. The number of benzene rings is 2. The van der Waals surface area contributed by atoms with Gasteiger partial charge >= 0.3 is 6.03 Å². The molecule has 0 aromatic heterocycles. The van der Waals surface area contributed by atoms with Crippen molar-refractivity contribution in [3.63, 3.8) is 0 Å². The van der Waals surface area contributed by atoms with E-state index in [0.29, 0.717) is 18.5 Å². The summed E-state index contributed by atoms with van der Waals surface area (Å²) in [6.07, 6.45) is 1.17. The first kappa shape index (κ1) is 15.1. The predicted octanol–water partition coefficient (Wildman–Crippen LogP) is 3.83. The van der Waals surface area contributed by atoms with E-state index in [-0.39, 0.29) is 11.9 Å². The molecule has 3 N–H and O–H groups in total. The number of carbonyl (C=O) groups is 2. The SMILES string of the molecule is Cc1ccc(NC(=O)Nc2ccc3c(c2)CCC(=O)N3)cc1C. The Labute approximate surface area is 135 Å². The van der Waals surface area contributed by atoms with E-state index < -0.39 is 0 Å². The molecule has 2 aromatic carbocycles. The Morgan fingerprint density at radius 2 is 1.65 bits per heavy atom. The van der Waals surface area contributed by atoms with E-state index in [9.17, 15) is 9.59 Å². The van der Waals surface area contributed by atoms with Crippen molar-refractivity contribution in [2.24, 2.45) is 0 Å². The van der Waals surface area contributed by atoms with Crippen molar-refractivity contribution in [3.8, 4) is 0 Å². The number of fused-ring (bicyclic) bond motifs is 1. The number of urea groups is 1. The van der Waals surface area contributed by atoms with Gasteiger partial charge in [-0.25, -0.2) is 4.79 Å². The first-order valence-corrected chi connectivity index (χ1v) is 7.59. The summed E-state index contributed by atoms with van der Waals surface area (Å²) in [5, 5.41) is 8.47. The first-order valence-electron chi connectivity index (χ1n) is 7.59. The van der Waals surface area contributed by atoms with Crippen LogP contribution in [0.15, 0.2) is 36.4 Å². The van der Waals surface area contributed by atoms with Crippen molar-refractivity contribution >= 4 is 29.0 Å². The average Bonchev–Trinajstić information content (AvgIpc) is 2.51. The topological polar surface area (TPSA) is 70.2 Å². The maximum Gasteiger partial charge on any atom is 0.323 e. The van der Waals surface area contributed by atoms with E-state index in [1.807, 2.05) is 44.2 Å². The van der Waals surface area contributed by atoms with Gasteiger partial charge in [0, 0.05) is 23.5 Å². The van der Waals surface area contributed by atoms with Crippen LogP contribution in [-0.2, 0) is 11.2 Å². The average molecular weight is 309 g/mol. The highest BCUT2D eigenvalue weighted by atomic mass is 16.2. The molecule has 0 saturated heterocycles. The van der Waals surface area contributed by atoms with Crippen LogP contribution in [0.2, 0.25) is 0 Å². The van der Waals surface area contributed by atoms with Crippen molar-refractivity contribution in [2.75, 3.05) is 16.0 Å². The number of rotatable bonds is 2. The minimum absolute atomic E-state index is 0.0330. The number of carbonyl (C=O) groups excluding carboxylic acids is 2. The molecule has 5 heteroatoms. The summed E-state index contributed by atoms with van der Waals surface area (Å²) in [5.41, 5.74) is 5.65. The van der Waals surface area contributed by atoms with E-state index >= 15 is 0 Å².